The fourth-order valence-corrected chi connectivity index (χ4v) is 4.31. The second-order valence-corrected chi connectivity index (χ2v) is 7.37. The van der Waals surface area contributed by atoms with Crippen LogP contribution in [0.15, 0.2) is 48.1 Å². The van der Waals surface area contributed by atoms with Crippen molar-refractivity contribution in [2.75, 3.05) is 6.61 Å². The third-order valence-electron chi connectivity index (χ3n) is 5.64. The molecule has 26 heavy (non-hydrogen) atoms. The van der Waals surface area contributed by atoms with Gasteiger partial charge in [-0.15, -0.1) is 0 Å². The average molecular weight is 360 g/mol. The topological polar surface area (TPSA) is 93.1 Å². The van der Waals surface area contributed by atoms with Gasteiger partial charge in [0.05, 0.1) is 18.6 Å². The first kappa shape index (κ1) is 18.6. The van der Waals surface area contributed by atoms with Gasteiger partial charge in [0.1, 0.15) is 12.2 Å². The van der Waals surface area contributed by atoms with Crippen molar-refractivity contribution < 1.29 is 29.3 Å². The summed E-state index contributed by atoms with van der Waals surface area (Å²) >= 11 is 0. The number of aliphatic hydroxyl groups is 2. The van der Waals surface area contributed by atoms with Crippen LogP contribution in [0.3, 0.4) is 0 Å². The summed E-state index contributed by atoms with van der Waals surface area (Å²) in [5, 5.41) is 19.5. The van der Waals surface area contributed by atoms with Crippen LogP contribution in [0, 0.1) is 17.8 Å². The fraction of sp³-hybridized carbons (Fsp3) is 0.500. The summed E-state index contributed by atoms with van der Waals surface area (Å²) < 4.78 is 11.0. The van der Waals surface area contributed by atoms with E-state index in [0.717, 1.165) is 5.57 Å². The molecule has 1 heterocycles. The van der Waals surface area contributed by atoms with E-state index in [1.54, 1.807) is 6.92 Å². The highest BCUT2D eigenvalue weighted by atomic mass is 16.6. The maximum atomic E-state index is 12.0. The standard InChI is InChI=1S/C20H24O6/c1-9(8-21)5-16(23)25-15-7-13-10(2)6-14(22)18-12(4)20(24)26-19(18)17(13)11(15)3/h5,13-15,17-19,21-22H,2-4,6-8H2,1H3. The molecule has 0 bridgehead atoms. The van der Waals surface area contributed by atoms with Crippen molar-refractivity contribution >= 4 is 11.9 Å². The lowest BCUT2D eigenvalue weighted by molar-refractivity contribution is -0.143. The molecule has 0 aromatic rings. The van der Waals surface area contributed by atoms with Crippen LogP contribution < -0.4 is 0 Å². The normalized spacial score (nSPS) is 37.1. The van der Waals surface area contributed by atoms with Gasteiger partial charge in [-0.3, -0.25) is 0 Å². The summed E-state index contributed by atoms with van der Waals surface area (Å²) in [5.74, 6) is -1.91. The zero-order valence-corrected chi connectivity index (χ0v) is 14.8. The number of hydrogen-bond donors (Lipinski definition) is 2. The van der Waals surface area contributed by atoms with Crippen LogP contribution in [0.1, 0.15) is 19.8 Å². The Balaban J connectivity index is 1.85. The predicted octanol–water partition coefficient (Wildman–Crippen LogP) is 1.45. The minimum atomic E-state index is -0.777. The van der Waals surface area contributed by atoms with Gasteiger partial charge >= 0.3 is 11.9 Å². The van der Waals surface area contributed by atoms with Gasteiger partial charge in [0, 0.05) is 17.6 Å². The molecule has 1 aliphatic heterocycles. The Morgan fingerprint density at radius 2 is 2.04 bits per heavy atom. The maximum absolute atomic E-state index is 12.0. The average Bonchev–Trinajstić information content (AvgIpc) is 3.01. The molecular formula is C20H24O6. The van der Waals surface area contributed by atoms with Gasteiger partial charge in [-0.25, -0.2) is 9.59 Å². The van der Waals surface area contributed by atoms with Gasteiger partial charge in [0.25, 0.3) is 0 Å². The number of ether oxygens (including phenoxy) is 2. The van der Waals surface area contributed by atoms with Crippen molar-refractivity contribution in [1.29, 1.82) is 0 Å². The van der Waals surface area contributed by atoms with E-state index in [1.807, 2.05) is 0 Å². The third-order valence-corrected chi connectivity index (χ3v) is 5.64. The summed E-state index contributed by atoms with van der Waals surface area (Å²) in [7, 11) is 0. The first-order valence-electron chi connectivity index (χ1n) is 8.67. The van der Waals surface area contributed by atoms with Crippen molar-refractivity contribution in [1.82, 2.24) is 0 Å². The van der Waals surface area contributed by atoms with E-state index in [9.17, 15) is 14.7 Å². The monoisotopic (exact) mass is 360 g/mol. The molecule has 0 aromatic carbocycles. The van der Waals surface area contributed by atoms with E-state index in [4.69, 9.17) is 14.6 Å². The van der Waals surface area contributed by atoms with Crippen molar-refractivity contribution in [2.24, 2.45) is 17.8 Å². The molecule has 6 atom stereocenters. The molecule has 2 aliphatic carbocycles. The first-order valence-corrected chi connectivity index (χ1v) is 8.67. The molecule has 1 saturated heterocycles. The molecule has 3 aliphatic rings. The minimum Gasteiger partial charge on any atom is -0.458 e. The summed E-state index contributed by atoms with van der Waals surface area (Å²) in [6.07, 6.45) is 0.206. The number of carbonyl (C=O) groups excluding carboxylic acids is 2. The van der Waals surface area contributed by atoms with Crippen LogP contribution in [0.2, 0.25) is 0 Å². The fourth-order valence-electron chi connectivity index (χ4n) is 4.31. The van der Waals surface area contributed by atoms with Gasteiger partial charge in [0.2, 0.25) is 0 Å². The predicted molar refractivity (Wildman–Crippen MR) is 93.7 cm³/mol. The van der Waals surface area contributed by atoms with Crippen LogP contribution in [-0.2, 0) is 19.1 Å². The van der Waals surface area contributed by atoms with E-state index in [2.05, 4.69) is 19.7 Å². The van der Waals surface area contributed by atoms with E-state index < -0.39 is 36.2 Å². The molecule has 0 amide bonds. The van der Waals surface area contributed by atoms with Crippen molar-refractivity contribution in [3.8, 4) is 0 Å². The van der Waals surface area contributed by atoms with E-state index in [1.165, 1.54) is 6.08 Å². The largest absolute Gasteiger partial charge is 0.458 e. The van der Waals surface area contributed by atoms with Crippen LogP contribution in [-0.4, -0.2) is 47.1 Å². The lowest BCUT2D eigenvalue weighted by atomic mass is 9.81. The number of hydrogen-bond acceptors (Lipinski definition) is 6. The quantitative estimate of drug-likeness (QED) is 0.450. The van der Waals surface area contributed by atoms with E-state index >= 15 is 0 Å². The van der Waals surface area contributed by atoms with Crippen LogP contribution in [0.5, 0.6) is 0 Å². The number of carbonyl (C=O) groups is 2. The summed E-state index contributed by atoms with van der Waals surface area (Å²) in [5.41, 5.74) is 2.26. The molecule has 6 unspecified atom stereocenters. The van der Waals surface area contributed by atoms with Crippen LogP contribution in [0.25, 0.3) is 0 Å². The van der Waals surface area contributed by atoms with Gasteiger partial charge in [-0.05, 0) is 36.8 Å². The second kappa shape index (κ2) is 6.85. The second-order valence-electron chi connectivity index (χ2n) is 7.37. The molecule has 6 heteroatoms. The summed E-state index contributed by atoms with van der Waals surface area (Å²) in [6.45, 7) is 13.4. The van der Waals surface area contributed by atoms with Gasteiger partial charge in [-0.1, -0.05) is 25.3 Å². The zero-order valence-electron chi connectivity index (χ0n) is 14.8. The van der Waals surface area contributed by atoms with Gasteiger partial charge in [-0.2, -0.15) is 0 Å². The Hall–Kier alpha value is -2.18. The maximum Gasteiger partial charge on any atom is 0.334 e. The van der Waals surface area contributed by atoms with Gasteiger partial charge < -0.3 is 19.7 Å². The number of esters is 2. The lowest BCUT2D eigenvalue weighted by Crippen LogP contribution is -2.34. The highest BCUT2D eigenvalue weighted by Crippen LogP contribution is 2.52. The van der Waals surface area contributed by atoms with E-state index in [0.29, 0.717) is 24.0 Å². The summed E-state index contributed by atoms with van der Waals surface area (Å²) in [6, 6.07) is 0. The van der Waals surface area contributed by atoms with Gasteiger partial charge in [0.15, 0.2) is 0 Å². The first-order chi connectivity index (χ1) is 12.2. The molecule has 0 radical (unpaired) electrons. The molecule has 2 saturated carbocycles. The van der Waals surface area contributed by atoms with Crippen molar-refractivity contribution in [3.05, 3.63) is 48.1 Å². The molecule has 0 spiro atoms. The Morgan fingerprint density at radius 1 is 1.35 bits per heavy atom. The highest BCUT2D eigenvalue weighted by molar-refractivity contribution is 5.91. The lowest BCUT2D eigenvalue weighted by Gasteiger charge is -2.27. The Kier molecular flexibility index (Phi) is 4.90. The van der Waals surface area contributed by atoms with Crippen molar-refractivity contribution in [2.45, 2.75) is 38.1 Å². The molecule has 0 aromatic heterocycles. The number of rotatable bonds is 3. The van der Waals surface area contributed by atoms with Crippen LogP contribution >= 0.6 is 0 Å². The molecule has 6 nitrogen and oxygen atoms in total. The number of fused-ring (bicyclic) bond motifs is 3. The molecule has 3 rings (SSSR count). The zero-order chi connectivity index (χ0) is 19.2. The molecule has 2 N–H and O–H groups in total. The van der Waals surface area contributed by atoms with E-state index in [-0.39, 0.29) is 24.0 Å². The highest BCUT2D eigenvalue weighted by Gasteiger charge is 2.56. The Bertz CT molecular complexity index is 718. The molecular weight excluding hydrogens is 336 g/mol. The molecule has 3 fully saturated rings. The minimum absolute atomic E-state index is 0.0911. The van der Waals surface area contributed by atoms with Crippen LogP contribution in [0.4, 0.5) is 0 Å². The SMILES string of the molecule is C=C1CC(O)C2C(=C)C(=O)OC2C2C(=C)C(OC(=O)C=C(C)CO)CC12. The smallest absolute Gasteiger partial charge is 0.334 e. The Labute approximate surface area is 152 Å². The number of aliphatic hydroxyl groups excluding tert-OH is 2. The third kappa shape index (κ3) is 3.04. The summed E-state index contributed by atoms with van der Waals surface area (Å²) in [4.78, 5) is 24.0. The molecule has 140 valence electrons. The Morgan fingerprint density at radius 3 is 2.69 bits per heavy atom. The van der Waals surface area contributed by atoms with Crippen molar-refractivity contribution in [3.63, 3.8) is 0 Å².